The molecule has 0 aromatic carbocycles. The Labute approximate surface area is 125 Å². The fraction of sp³-hybridized carbons (Fsp3) is 0.786. The lowest BCUT2D eigenvalue weighted by Crippen LogP contribution is -2.56. The second-order valence-corrected chi connectivity index (χ2v) is 6.26. The summed E-state index contributed by atoms with van der Waals surface area (Å²) in [5.41, 5.74) is 5.12. The molecule has 1 aliphatic carbocycles. The van der Waals surface area contributed by atoms with Crippen LogP contribution in [0.25, 0.3) is 0 Å². The molecule has 1 unspecified atom stereocenters. The fourth-order valence-electron chi connectivity index (χ4n) is 3.12. The largest absolute Gasteiger partial charge is 0.392 e. The zero-order chi connectivity index (χ0) is 14.6. The average Bonchev–Trinajstić information content (AvgIpc) is 2.68. The summed E-state index contributed by atoms with van der Waals surface area (Å²) in [6.07, 6.45) is 7.11. The number of amides is 2. The minimum atomic E-state index is -0.760. The molecular formula is C14H23N3O2S. The average molecular weight is 297 g/mol. The van der Waals surface area contributed by atoms with E-state index in [0.717, 1.165) is 32.1 Å². The van der Waals surface area contributed by atoms with Crippen LogP contribution in [0.3, 0.4) is 0 Å². The molecule has 1 saturated carbocycles. The van der Waals surface area contributed by atoms with Crippen LogP contribution in [0.1, 0.15) is 51.4 Å². The Morgan fingerprint density at radius 3 is 2.45 bits per heavy atom. The van der Waals surface area contributed by atoms with Gasteiger partial charge in [-0.3, -0.25) is 9.59 Å². The molecule has 0 bridgehead atoms. The van der Waals surface area contributed by atoms with Crippen molar-refractivity contribution in [1.29, 1.82) is 0 Å². The first kappa shape index (κ1) is 15.2. The van der Waals surface area contributed by atoms with E-state index in [-0.39, 0.29) is 16.8 Å². The molecule has 2 aliphatic rings. The molecule has 1 atom stereocenters. The van der Waals surface area contributed by atoms with Gasteiger partial charge in [-0.2, -0.15) is 0 Å². The van der Waals surface area contributed by atoms with Crippen LogP contribution in [0.2, 0.25) is 0 Å². The molecule has 1 aliphatic heterocycles. The van der Waals surface area contributed by atoms with Gasteiger partial charge < -0.3 is 16.4 Å². The first-order valence-electron chi connectivity index (χ1n) is 7.45. The molecule has 4 N–H and O–H groups in total. The van der Waals surface area contributed by atoms with Gasteiger partial charge in [0.2, 0.25) is 11.8 Å². The van der Waals surface area contributed by atoms with E-state index in [2.05, 4.69) is 10.6 Å². The number of rotatable bonds is 3. The first-order valence-corrected chi connectivity index (χ1v) is 7.86. The third-order valence-electron chi connectivity index (χ3n) is 4.45. The van der Waals surface area contributed by atoms with Gasteiger partial charge in [0.1, 0.15) is 6.04 Å². The van der Waals surface area contributed by atoms with Crippen LogP contribution in [0.5, 0.6) is 0 Å². The van der Waals surface area contributed by atoms with E-state index in [4.69, 9.17) is 18.0 Å². The molecular weight excluding hydrogens is 274 g/mol. The van der Waals surface area contributed by atoms with Crippen molar-refractivity contribution in [3.63, 3.8) is 0 Å². The maximum atomic E-state index is 12.7. The standard InChI is InChI=1S/C14H23N3O2S/c15-12(20)14(7-3-1-2-4-8-14)13(19)17-10-6-5-9-16-11(10)18/h10H,1-9H2,(H2,15,20)(H,16,18)(H,17,19). The monoisotopic (exact) mass is 297 g/mol. The van der Waals surface area contributed by atoms with E-state index in [9.17, 15) is 9.59 Å². The number of nitrogens with two attached hydrogens (primary N) is 1. The maximum absolute atomic E-state index is 12.7. The predicted octanol–water partition coefficient (Wildman–Crippen LogP) is 1.01. The van der Waals surface area contributed by atoms with Gasteiger partial charge in [-0.05, 0) is 25.7 Å². The number of carbonyl (C=O) groups excluding carboxylic acids is 2. The summed E-state index contributed by atoms with van der Waals surface area (Å²) >= 11 is 5.18. The highest BCUT2D eigenvalue weighted by molar-refractivity contribution is 7.80. The Hall–Kier alpha value is -1.17. The van der Waals surface area contributed by atoms with E-state index in [1.807, 2.05) is 0 Å². The third kappa shape index (κ3) is 3.11. The van der Waals surface area contributed by atoms with Gasteiger partial charge in [0.25, 0.3) is 0 Å². The number of hydrogen-bond acceptors (Lipinski definition) is 3. The van der Waals surface area contributed by atoms with Crippen LogP contribution in [-0.2, 0) is 9.59 Å². The summed E-state index contributed by atoms with van der Waals surface area (Å²) in [7, 11) is 0. The van der Waals surface area contributed by atoms with Crippen molar-refractivity contribution in [2.45, 2.75) is 57.4 Å². The summed E-state index contributed by atoms with van der Waals surface area (Å²) in [6, 6.07) is -0.439. The molecule has 2 fully saturated rings. The quantitative estimate of drug-likeness (QED) is 0.536. The summed E-state index contributed by atoms with van der Waals surface area (Å²) in [5, 5.41) is 5.65. The lowest BCUT2D eigenvalue weighted by atomic mass is 9.79. The van der Waals surface area contributed by atoms with Crippen LogP contribution in [0, 0.1) is 5.41 Å². The molecule has 20 heavy (non-hydrogen) atoms. The van der Waals surface area contributed by atoms with Crippen molar-refractivity contribution in [2.24, 2.45) is 11.1 Å². The Bertz CT molecular complexity index is 403. The minimum Gasteiger partial charge on any atom is -0.392 e. The van der Waals surface area contributed by atoms with Crippen molar-refractivity contribution in [2.75, 3.05) is 6.54 Å². The van der Waals surface area contributed by atoms with Gasteiger partial charge >= 0.3 is 0 Å². The number of thiocarbonyl (C=S) groups is 1. The van der Waals surface area contributed by atoms with E-state index in [0.29, 0.717) is 25.8 Å². The van der Waals surface area contributed by atoms with Crippen LogP contribution >= 0.6 is 12.2 Å². The normalized spacial score (nSPS) is 26.2. The smallest absolute Gasteiger partial charge is 0.242 e. The highest BCUT2D eigenvalue weighted by Gasteiger charge is 2.42. The number of nitrogens with one attached hydrogen (secondary N) is 2. The Balaban J connectivity index is 2.10. The molecule has 1 saturated heterocycles. The molecule has 2 rings (SSSR count). The Morgan fingerprint density at radius 2 is 1.90 bits per heavy atom. The van der Waals surface area contributed by atoms with Crippen LogP contribution < -0.4 is 16.4 Å². The first-order chi connectivity index (χ1) is 9.56. The van der Waals surface area contributed by atoms with Crippen molar-refractivity contribution in [3.05, 3.63) is 0 Å². The van der Waals surface area contributed by atoms with E-state index < -0.39 is 11.5 Å². The Morgan fingerprint density at radius 1 is 1.25 bits per heavy atom. The lowest BCUT2D eigenvalue weighted by Gasteiger charge is -2.33. The fourth-order valence-corrected chi connectivity index (χ4v) is 3.42. The Kier molecular flexibility index (Phi) is 4.96. The molecule has 0 aromatic heterocycles. The molecule has 2 amide bonds. The van der Waals surface area contributed by atoms with E-state index >= 15 is 0 Å². The van der Waals surface area contributed by atoms with Gasteiger partial charge in [-0.1, -0.05) is 37.9 Å². The summed E-state index contributed by atoms with van der Waals surface area (Å²) in [6.45, 7) is 0.686. The highest BCUT2D eigenvalue weighted by atomic mass is 32.1. The minimum absolute atomic E-state index is 0.101. The van der Waals surface area contributed by atoms with Gasteiger partial charge in [0, 0.05) is 6.54 Å². The molecule has 5 nitrogen and oxygen atoms in total. The molecule has 0 aromatic rings. The topological polar surface area (TPSA) is 84.2 Å². The summed E-state index contributed by atoms with van der Waals surface area (Å²) < 4.78 is 0. The summed E-state index contributed by atoms with van der Waals surface area (Å²) in [5.74, 6) is -0.259. The van der Waals surface area contributed by atoms with Gasteiger partial charge in [-0.15, -0.1) is 0 Å². The SMILES string of the molecule is NC(=S)C1(C(=O)NC2CCCNC2=O)CCCCCC1. The molecule has 0 spiro atoms. The molecule has 6 heteroatoms. The third-order valence-corrected chi connectivity index (χ3v) is 4.84. The van der Waals surface area contributed by atoms with E-state index in [1.165, 1.54) is 0 Å². The van der Waals surface area contributed by atoms with Crippen molar-refractivity contribution in [1.82, 2.24) is 10.6 Å². The van der Waals surface area contributed by atoms with Crippen LogP contribution in [0.4, 0.5) is 0 Å². The summed E-state index contributed by atoms with van der Waals surface area (Å²) in [4.78, 5) is 24.7. The van der Waals surface area contributed by atoms with Gasteiger partial charge in [0.05, 0.1) is 10.4 Å². The number of carbonyl (C=O) groups is 2. The maximum Gasteiger partial charge on any atom is 0.242 e. The van der Waals surface area contributed by atoms with Gasteiger partial charge in [-0.25, -0.2) is 0 Å². The van der Waals surface area contributed by atoms with Crippen molar-refractivity contribution in [3.8, 4) is 0 Å². The zero-order valence-electron chi connectivity index (χ0n) is 11.7. The number of piperidine rings is 1. The van der Waals surface area contributed by atoms with Crippen molar-refractivity contribution >= 4 is 29.0 Å². The molecule has 112 valence electrons. The second-order valence-electron chi connectivity index (χ2n) is 5.82. The van der Waals surface area contributed by atoms with Crippen LogP contribution in [0.15, 0.2) is 0 Å². The van der Waals surface area contributed by atoms with Gasteiger partial charge in [0.15, 0.2) is 0 Å². The predicted molar refractivity (Wildman–Crippen MR) is 81.1 cm³/mol. The number of hydrogen-bond donors (Lipinski definition) is 3. The highest BCUT2D eigenvalue weighted by Crippen LogP contribution is 2.36. The van der Waals surface area contributed by atoms with E-state index in [1.54, 1.807) is 0 Å². The molecule has 1 heterocycles. The molecule has 0 radical (unpaired) electrons. The second kappa shape index (κ2) is 6.52. The zero-order valence-corrected chi connectivity index (χ0v) is 12.6. The lowest BCUT2D eigenvalue weighted by molar-refractivity contribution is -0.134. The van der Waals surface area contributed by atoms with Crippen LogP contribution in [-0.4, -0.2) is 29.4 Å². The van der Waals surface area contributed by atoms with Crippen molar-refractivity contribution < 1.29 is 9.59 Å².